The SMILES string of the molecule is O=C(CCc1cc(C2=CC[C@@H](C(F)(F)F)CC2)ncn1)[C@@H]1CC(F)CN1S(=O)(=O)c1ccc(F)cc1. The van der Waals surface area contributed by atoms with E-state index in [0.717, 1.165) is 28.6 Å². The van der Waals surface area contributed by atoms with E-state index in [9.17, 15) is 35.2 Å². The lowest BCUT2D eigenvalue weighted by Gasteiger charge is -2.24. The fourth-order valence-electron chi connectivity index (χ4n) is 4.55. The van der Waals surface area contributed by atoms with Gasteiger partial charge in [0, 0.05) is 25.1 Å². The number of alkyl halides is 4. The van der Waals surface area contributed by atoms with Crippen LogP contribution < -0.4 is 0 Å². The molecular formula is C24H24F5N3O3S. The molecule has 4 rings (SSSR count). The fourth-order valence-corrected chi connectivity index (χ4v) is 6.20. The summed E-state index contributed by atoms with van der Waals surface area (Å²) in [6, 6.07) is 4.49. The van der Waals surface area contributed by atoms with E-state index in [1.165, 1.54) is 12.4 Å². The molecule has 6 nitrogen and oxygen atoms in total. The molecule has 1 aromatic heterocycles. The number of Topliss-reactive ketones (excluding diaryl/α,β-unsaturated/α-hetero) is 1. The largest absolute Gasteiger partial charge is 0.392 e. The number of hydrogen-bond acceptors (Lipinski definition) is 5. The number of carbonyl (C=O) groups excluding carboxylic acids is 1. The van der Waals surface area contributed by atoms with Crippen molar-refractivity contribution in [2.75, 3.05) is 6.54 Å². The van der Waals surface area contributed by atoms with E-state index in [1.807, 2.05) is 0 Å². The van der Waals surface area contributed by atoms with Gasteiger partial charge in [-0.25, -0.2) is 27.2 Å². The fraction of sp³-hybridized carbons (Fsp3) is 0.458. The topological polar surface area (TPSA) is 80.2 Å². The smallest absolute Gasteiger partial charge is 0.298 e. The number of hydrogen-bond donors (Lipinski definition) is 0. The Hall–Kier alpha value is -2.73. The summed E-state index contributed by atoms with van der Waals surface area (Å²) in [6.45, 7) is -0.471. The molecule has 1 aromatic carbocycles. The zero-order valence-corrected chi connectivity index (χ0v) is 19.9. The predicted octanol–water partition coefficient (Wildman–Crippen LogP) is 4.66. The standard InChI is InChI=1S/C24H24F5N3O3S/c25-17-5-8-20(9-6-17)36(34,35)32-13-18(26)11-22(32)23(33)10-7-19-12-21(31-14-30-19)15-1-3-16(4-2-15)24(27,28)29/h1,5-6,8-9,12,14,16,18,22H,2-4,7,10-11,13H2/t16-,18?,22+/m1/s1. The molecule has 1 fully saturated rings. The highest BCUT2D eigenvalue weighted by Crippen LogP contribution is 2.39. The van der Waals surface area contributed by atoms with Crippen molar-refractivity contribution in [2.24, 2.45) is 5.92 Å². The molecule has 2 aromatic rings. The number of nitrogens with zero attached hydrogens (tertiary/aromatic N) is 3. The van der Waals surface area contributed by atoms with Crippen molar-refractivity contribution >= 4 is 21.4 Å². The number of aromatic nitrogens is 2. The van der Waals surface area contributed by atoms with Crippen molar-refractivity contribution in [3.63, 3.8) is 0 Å². The highest BCUT2D eigenvalue weighted by Gasteiger charge is 2.44. The summed E-state index contributed by atoms with van der Waals surface area (Å²) in [4.78, 5) is 21.0. The Kier molecular flexibility index (Phi) is 7.56. The molecule has 0 bridgehead atoms. The first-order chi connectivity index (χ1) is 16.9. The molecule has 1 saturated heterocycles. The molecule has 0 radical (unpaired) electrons. The third kappa shape index (κ3) is 5.80. The number of aryl methyl sites for hydroxylation is 1. The van der Waals surface area contributed by atoms with E-state index >= 15 is 0 Å². The zero-order chi connectivity index (χ0) is 26.1. The third-order valence-corrected chi connectivity index (χ3v) is 8.44. The Balaban J connectivity index is 1.43. The van der Waals surface area contributed by atoms with Crippen LogP contribution in [0, 0.1) is 11.7 Å². The van der Waals surface area contributed by atoms with Gasteiger partial charge in [0.15, 0.2) is 5.78 Å². The van der Waals surface area contributed by atoms with Crippen molar-refractivity contribution in [3.05, 3.63) is 59.9 Å². The van der Waals surface area contributed by atoms with Gasteiger partial charge in [0.25, 0.3) is 0 Å². The molecular weight excluding hydrogens is 505 g/mol. The van der Waals surface area contributed by atoms with Crippen molar-refractivity contribution in [1.82, 2.24) is 14.3 Å². The average molecular weight is 530 g/mol. The molecule has 3 atom stereocenters. The van der Waals surface area contributed by atoms with Crippen LogP contribution >= 0.6 is 0 Å². The molecule has 2 aliphatic rings. The van der Waals surface area contributed by atoms with Crippen molar-refractivity contribution in [3.8, 4) is 0 Å². The van der Waals surface area contributed by atoms with Gasteiger partial charge in [-0.15, -0.1) is 0 Å². The lowest BCUT2D eigenvalue weighted by molar-refractivity contribution is -0.175. The van der Waals surface area contributed by atoms with Gasteiger partial charge < -0.3 is 0 Å². The maximum atomic E-state index is 14.2. The molecule has 36 heavy (non-hydrogen) atoms. The van der Waals surface area contributed by atoms with E-state index in [2.05, 4.69) is 9.97 Å². The first-order valence-corrected chi connectivity index (χ1v) is 12.9. The summed E-state index contributed by atoms with van der Waals surface area (Å²) >= 11 is 0. The van der Waals surface area contributed by atoms with Crippen LogP contribution in [0.5, 0.6) is 0 Å². The van der Waals surface area contributed by atoms with E-state index in [-0.39, 0.29) is 43.4 Å². The minimum absolute atomic E-state index is 0.0302. The van der Waals surface area contributed by atoms with Crippen LogP contribution in [0.1, 0.15) is 43.5 Å². The second-order valence-corrected chi connectivity index (χ2v) is 10.9. The second-order valence-electron chi connectivity index (χ2n) is 8.98. The van der Waals surface area contributed by atoms with Crippen LogP contribution in [-0.2, 0) is 21.2 Å². The normalized spacial score (nSPS) is 23.5. The lowest BCUT2D eigenvalue weighted by Crippen LogP contribution is -2.40. The molecule has 0 N–H and O–H groups in total. The van der Waals surface area contributed by atoms with Gasteiger partial charge >= 0.3 is 6.18 Å². The molecule has 0 saturated carbocycles. The average Bonchev–Trinajstić information content (AvgIpc) is 3.25. The first-order valence-electron chi connectivity index (χ1n) is 11.5. The molecule has 1 aliphatic carbocycles. The Labute approximate surface area is 205 Å². The Bertz CT molecular complexity index is 1250. The van der Waals surface area contributed by atoms with E-state index in [4.69, 9.17) is 0 Å². The summed E-state index contributed by atoms with van der Waals surface area (Å²) in [5, 5.41) is 0. The Morgan fingerprint density at radius 2 is 1.86 bits per heavy atom. The van der Waals surface area contributed by atoms with Crippen LogP contribution in [0.15, 0.2) is 47.6 Å². The molecule has 194 valence electrons. The van der Waals surface area contributed by atoms with Crippen LogP contribution in [0.25, 0.3) is 5.57 Å². The van der Waals surface area contributed by atoms with Crippen LogP contribution in [0.3, 0.4) is 0 Å². The van der Waals surface area contributed by atoms with Gasteiger partial charge in [-0.05, 0) is 61.6 Å². The maximum Gasteiger partial charge on any atom is 0.392 e. The summed E-state index contributed by atoms with van der Waals surface area (Å²) in [5.74, 6) is -2.48. The van der Waals surface area contributed by atoms with Crippen LogP contribution in [0.2, 0.25) is 0 Å². The number of halogens is 5. The van der Waals surface area contributed by atoms with Gasteiger partial charge in [-0.2, -0.15) is 17.5 Å². The number of rotatable bonds is 7. The number of benzene rings is 1. The summed E-state index contributed by atoms with van der Waals surface area (Å²) in [7, 11) is -4.21. The molecule has 1 unspecified atom stereocenters. The molecule has 1 aliphatic heterocycles. The first kappa shape index (κ1) is 26.3. The minimum atomic E-state index is -4.24. The molecule has 0 spiro atoms. The highest BCUT2D eigenvalue weighted by molar-refractivity contribution is 7.89. The van der Waals surface area contributed by atoms with Gasteiger partial charge in [0.05, 0.1) is 22.5 Å². The summed E-state index contributed by atoms with van der Waals surface area (Å²) in [5.41, 5.74) is 1.63. The predicted molar refractivity (Wildman–Crippen MR) is 120 cm³/mol. The second kappa shape index (κ2) is 10.3. The van der Waals surface area contributed by atoms with Crippen LogP contribution in [0.4, 0.5) is 22.0 Å². The minimum Gasteiger partial charge on any atom is -0.298 e. The monoisotopic (exact) mass is 529 g/mol. The van der Waals surface area contributed by atoms with Crippen LogP contribution in [-0.4, -0.2) is 53.4 Å². The van der Waals surface area contributed by atoms with E-state index in [0.29, 0.717) is 17.0 Å². The van der Waals surface area contributed by atoms with Crippen molar-refractivity contribution < 1.29 is 35.2 Å². The van der Waals surface area contributed by atoms with Crippen molar-refractivity contribution in [2.45, 2.75) is 61.8 Å². The molecule has 12 heteroatoms. The summed E-state index contributed by atoms with van der Waals surface area (Å²) < 4.78 is 92.9. The van der Waals surface area contributed by atoms with Gasteiger partial charge in [0.2, 0.25) is 10.0 Å². The number of ketones is 1. The molecule has 2 heterocycles. The Morgan fingerprint density at radius 1 is 1.14 bits per heavy atom. The quantitative estimate of drug-likeness (QED) is 0.488. The maximum absolute atomic E-state index is 14.2. The Morgan fingerprint density at radius 3 is 2.50 bits per heavy atom. The number of sulfonamides is 1. The third-order valence-electron chi connectivity index (χ3n) is 6.55. The zero-order valence-electron chi connectivity index (χ0n) is 19.1. The lowest BCUT2D eigenvalue weighted by atomic mass is 9.87. The number of allylic oxidation sites excluding steroid dienone is 2. The van der Waals surface area contributed by atoms with E-state index < -0.39 is 52.5 Å². The highest BCUT2D eigenvalue weighted by atomic mass is 32.2. The van der Waals surface area contributed by atoms with Crippen molar-refractivity contribution in [1.29, 1.82) is 0 Å². The summed E-state index contributed by atoms with van der Waals surface area (Å²) in [6.07, 6.45) is -3.16. The number of carbonyl (C=O) groups is 1. The van der Waals surface area contributed by atoms with Gasteiger partial charge in [-0.3, -0.25) is 4.79 Å². The van der Waals surface area contributed by atoms with Gasteiger partial charge in [-0.1, -0.05) is 6.08 Å². The van der Waals surface area contributed by atoms with Gasteiger partial charge in [0.1, 0.15) is 18.3 Å². The van der Waals surface area contributed by atoms with E-state index in [1.54, 1.807) is 6.07 Å². The molecule has 0 amide bonds.